The van der Waals surface area contributed by atoms with Crippen molar-refractivity contribution in [2.24, 2.45) is 5.92 Å². The van der Waals surface area contributed by atoms with Gasteiger partial charge in [-0.3, -0.25) is 0 Å². The minimum atomic E-state index is 0.668. The molecule has 106 valence electrons. The van der Waals surface area contributed by atoms with Gasteiger partial charge >= 0.3 is 0 Å². The molecule has 0 aromatic heterocycles. The molecule has 0 fully saturated rings. The smallest absolute Gasteiger partial charge is 0.0230 e. The zero-order valence-electron chi connectivity index (χ0n) is 12.9. The number of aryl methyl sites for hydroxylation is 1. The number of benzene rings is 1. The minimum Gasteiger partial charge on any atom is -0.317 e. The average Bonchev–Trinajstić information content (AvgIpc) is 2.37. The highest BCUT2D eigenvalue weighted by atomic mass is 15.1. The number of likely N-dealkylation sites (N-methyl/N-ethyl adjacent to an activating group) is 1. The number of hydrogen-bond acceptors (Lipinski definition) is 2. The van der Waals surface area contributed by atoms with Gasteiger partial charge < -0.3 is 10.2 Å². The molecule has 0 saturated carbocycles. The third kappa shape index (κ3) is 4.05. The maximum atomic E-state index is 3.40. The first kappa shape index (κ1) is 14.5. The first-order valence-corrected chi connectivity index (χ1v) is 7.55. The lowest BCUT2D eigenvalue weighted by Gasteiger charge is -2.25. The molecule has 0 amide bonds. The van der Waals surface area contributed by atoms with E-state index in [9.17, 15) is 0 Å². The van der Waals surface area contributed by atoms with Crippen LogP contribution in [0.4, 0.5) is 0 Å². The topological polar surface area (TPSA) is 15.3 Å². The van der Waals surface area contributed by atoms with E-state index in [0.717, 1.165) is 12.5 Å². The summed E-state index contributed by atoms with van der Waals surface area (Å²) >= 11 is 0. The molecule has 0 spiro atoms. The lowest BCUT2D eigenvalue weighted by atomic mass is 9.87. The predicted octanol–water partition coefficient (Wildman–Crippen LogP) is 2.85. The Morgan fingerprint density at radius 3 is 2.79 bits per heavy atom. The second-order valence-corrected chi connectivity index (χ2v) is 6.42. The van der Waals surface area contributed by atoms with Gasteiger partial charge in [0.2, 0.25) is 0 Å². The lowest BCUT2D eigenvalue weighted by molar-refractivity contribution is 0.288. The molecule has 0 saturated heterocycles. The van der Waals surface area contributed by atoms with Crippen molar-refractivity contribution in [2.45, 2.75) is 45.7 Å². The fraction of sp³-hybridized carbons (Fsp3) is 0.647. The third-order valence-electron chi connectivity index (χ3n) is 4.04. The van der Waals surface area contributed by atoms with Crippen molar-refractivity contribution < 1.29 is 0 Å². The fourth-order valence-corrected chi connectivity index (χ4v) is 3.15. The van der Waals surface area contributed by atoms with Crippen LogP contribution >= 0.6 is 0 Å². The van der Waals surface area contributed by atoms with E-state index in [-0.39, 0.29) is 0 Å². The van der Waals surface area contributed by atoms with Crippen molar-refractivity contribution >= 4 is 0 Å². The van der Waals surface area contributed by atoms with Gasteiger partial charge in [0.25, 0.3) is 0 Å². The molecule has 1 N–H and O–H groups in total. The SMILES string of the molecule is CNC1CCc2cc(CN(C)CC(C)C)ccc2C1. The highest BCUT2D eigenvalue weighted by Gasteiger charge is 2.17. The summed E-state index contributed by atoms with van der Waals surface area (Å²) in [4.78, 5) is 2.42. The molecule has 1 aliphatic rings. The van der Waals surface area contributed by atoms with Gasteiger partial charge in [0.1, 0.15) is 0 Å². The fourth-order valence-electron chi connectivity index (χ4n) is 3.15. The monoisotopic (exact) mass is 260 g/mol. The minimum absolute atomic E-state index is 0.668. The van der Waals surface area contributed by atoms with E-state index >= 15 is 0 Å². The van der Waals surface area contributed by atoms with Gasteiger partial charge in [-0.2, -0.15) is 0 Å². The highest BCUT2D eigenvalue weighted by molar-refractivity contribution is 5.34. The van der Waals surface area contributed by atoms with E-state index in [1.54, 1.807) is 11.1 Å². The number of rotatable bonds is 5. The molecule has 19 heavy (non-hydrogen) atoms. The molecule has 1 aromatic carbocycles. The van der Waals surface area contributed by atoms with Crippen LogP contribution in [0.3, 0.4) is 0 Å². The Labute approximate surface area is 118 Å². The molecule has 2 nitrogen and oxygen atoms in total. The Bertz CT molecular complexity index is 412. The van der Waals surface area contributed by atoms with Crippen LogP contribution in [0.25, 0.3) is 0 Å². The van der Waals surface area contributed by atoms with Crippen LogP contribution in [0.1, 0.15) is 37.0 Å². The van der Waals surface area contributed by atoms with Crippen molar-refractivity contribution in [3.05, 3.63) is 34.9 Å². The van der Waals surface area contributed by atoms with Crippen molar-refractivity contribution in [3.63, 3.8) is 0 Å². The molecule has 0 heterocycles. The van der Waals surface area contributed by atoms with Gasteiger partial charge in [-0.05, 0) is 56.0 Å². The third-order valence-corrected chi connectivity index (χ3v) is 4.04. The summed E-state index contributed by atoms with van der Waals surface area (Å²) in [6.07, 6.45) is 3.69. The van der Waals surface area contributed by atoms with Crippen LogP contribution in [-0.4, -0.2) is 31.6 Å². The van der Waals surface area contributed by atoms with Gasteiger partial charge in [-0.15, -0.1) is 0 Å². The van der Waals surface area contributed by atoms with Crippen molar-refractivity contribution in [3.8, 4) is 0 Å². The predicted molar refractivity (Wildman–Crippen MR) is 82.5 cm³/mol. The van der Waals surface area contributed by atoms with Gasteiger partial charge in [-0.1, -0.05) is 32.0 Å². The summed E-state index contributed by atoms with van der Waals surface area (Å²) in [5.74, 6) is 0.735. The number of nitrogens with one attached hydrogen (secondary N) is 1. The standard InChI is InChI=1S/C17H28N2/c1-13(2)11-19(4)12-14-5-6-16-10-17(18-3)8-7-15(16)9-14/h5-6,9,13,17-18H,7-8,10-12H2,1-4H3. The number of hydrogen-bond donors (Lipinski definition) is 1. The van der Waals surface area contributed by atoms with E-state index < -0.39 is 0 Å². The summed E-state index contributed by atoms with van der Waals surface area (Å²) in [5, 5.41) is 3.40. The maximum Gasteiger partial charge on any atom is 0.0230 e. The normalized spacial score (nSPS) is 18.9. The Morgan fingerprint density at radius 2 is 2.11 bits per heavy atom. The second kappa shape index (κ2) is 6.53. The van der Waals surface area contributed by atoms with Crippen LogP contribution in [0.5, 0.6) is 0 Å². The molecule has 0 aliphatic heterocycles. The Kier molecular flexibility index (Phi) is 5.00. The molecule has 1 unspecified atom stereocenters. The molecule has 1 aromatic rings. The molecule has 0 bridgehead atoms. The first-order valence-electron chi connectivity index (χ1n) is 7.55. The summed E-state index contributed by atoms with van der Waals surface area (Å²) in [5.41, 5.74) is 4.58. The molecule has 1 aliphatic carbocycles. The Hall–Kier alpha value is -0.860. The molecule has 0 radical (unpaired) electrons. The Morgan fingerprint density at radius 1 is 1.32 bits per heavy atom. The van der Waals surface area contributed by atoms with Gasteiger partial charge in [0.15, 0.2) is 0 Å². The van der Waals surface area contributed by atoms with Gasteiger partial charge in [0.05, 0.1) is 0 Å². The number of nitrogens with zero attached hydrogens (tertiary/aromatic N) is 1. The molecular weight excluding hydrogens is 232 g/mol. The van der Waals surface area contributed by atoms with Crippen LogP contribution in [0, 0.1) is 5.92 Å². The van der Waals surface area contributed by atoms with Crippen LogP contribution < -0.4 is 5.32 Å². The van der Waals surface area contributed by atoms with Gasteiger partial charge in [0, 0.05) is 19.1 Å². The van der Waals surface area contributed by atoms with Crippen molar-refractivity contribution in [1.82, 2.24) is 10.2 Å². The summed E-state index contributed by atoms with van der Waals surface area (Å²) in [6, 6.07) is 7.75. The zero-order valence-corrected chi connectivity index (χ0v) is 12.9. The summed E-state index contributed by atoms with van der Waals surface area (Å²) < 4.78 is 0. The zero-order chi connectivity index (χ0) is 13.8. The van der Waals surface area contributed by atoms with E-state index in [1.165, 1.54) is 31.4 Å². The maximum absolute atomic E-state index is 3.40. The lowest BCUT2D eigenvalue weighted by Crippen LogP contribution is -2.31. The largest absolute Gasteiger partial charge is 0.317 e. The second-order valence-electron chi connectivity index (χ2n) is 6.42. The molecule has 2 heteroatoms. The first-order chi connectivity index (χ1) is 9.08. The van der Waals surface area contributed by atoms with Crippen LogP contribution in [0.15, 0.2) is 18.2 Å². The average molecular weight is 260 g/mol. The molecular formula is C17H28N2. The van der Waals surface area contributed by atoms with Crippen molar-refractivity contribution in [1.29, 1.82) is 0 Å². The van der Waals surface area contributed by atoms with Crippen LogP contribution in [-0.2, 0) is 19.4 Å². The number of fused-ring (bicyclic) bond motifs is 1. The van der Waals surface area contributed by atoms with Crippen LogP contribution in [0.2, 0.25) is 0 Å². The summed E-state index contributed by atoms with van der Waals surface area (Å²) in [6.45, 7) is 6.79. The van der Waals surface area contributed by atoms with Crippen molar-refractivity contribution in [2.75, 3.05) is 20.6 Å². The van der Waals surface area contributed by atoms with E-state index in [0.29, 0.717) is 6.04 Å². The summed E-state index contributed by atoms with van der Waals surface area (Å²) in [7, 11) is 4.29. The van der Waals surface area contributed by atoms with E-state index in [4.69, 9.17) is 0 Å². The molecule has 2 rings (SSSR count). The van der Waals surface area contributed by atoms with E-state index in [2.05, 4.69) is 56.4 Å². The molecule has 1 atom stereocenters. The highest BCUT2D eigenvalue weighted by Crippen LogP contribution is 2.23. The van der Waals surface area contributed by atoms with E-state index in [1.807, 2.05) is 0 Å². The van der Waals surface area contributed by atoms with Gasteiger partial charge in [-0.25, -0.2) is 0 Å². The quantitative estimate of drug-likeness (QED) is 0.876. The Balaban J connectivity index is 2.01.